The van der Waals surface area contributed by atoms with E-state index in [-0.39, 0.29) is 6.42 Å². The van der Waals surface area contributed by atoms with E-state index < -0.39 is 5.97 Å². The molecule has 1 aromatic rings. The topological polar surface area (TPSA) is 72.5 Å². The average Bonchev–Trinajstić information content (AvgIpc) is 2.19. The minimum Gasteiger partial charge on any atom is -0.494 e. The van der Waals surface area contributed by atoms with Gasteiger partial charge in [-0.25, -0.2) is 0 Å². The number of hydrogen-bond donors (Lipinski definition) is 2. The summed E-state index contributed by atoms with van der Waals surface area (Å²) in [4.78, 5) is 10.4. The molecule has 0 fully saturated rings. The van der Waals surface area contributed by atoms with Crippen molar-refractivity contribution in [3.05, 3.63) is 23.8 Å². The van der Waals surface area contributed by atoms with E-state index >= 15 is 0 Å². The standard InChI is InChI=1S/C11H15NO3/c1-2-15-9-4-5-10(12)8(7-9)3-6-11(13)14/h4-5,7H,2-3,6,12H2,1H3,(H,13,14). The number of carboxylic acid groups (broad SMARTS) is 1. The van der Waals surface area contributed by atoms with E-state index in [2.05, 4.69) is 0 Å². The van der Waals surface area contributed by atoms with E-state index in [9.17, 15) is 4.79 Å². The van der Waals surface area contributed by atoms with Crippen molar-refractivity contribution in [1.29, 1.82) is 0 Å². The third-order valence-electron chi connectivity index (χ3n) is 2.03. The molecular weight excluding hydrogens is 194 g/mol. The minimum atomic E-state index is -0.823. The third kappa shape index (κ3) is 3.50. The molecule has 0 aliphatic rings. The molecule has 0 aliphatic heterocycles. The zero-order valence-corrected chi connectivity index (χ0v) is 8.69. The van der Waals surface area contributed by atoms with Crippen LogP contribution in [-0.4, -0.2) is 17.7 Å². The monoisotopic (exact) mass is 209 g/mol. The molecule has 0 saturated carbocycles. The molecule has 0 amide bonds. The molecule has 0 saturated heterocycles. The van der Waals surface area contributed by atoms with Gasteiger partial charge in [-0.05, 0) is 37.1 Å². The number of nitrogen functional groups attached to an aromatic ring is 1. The Morgan fingerprint density at radius 1 is 1.53 bits per heavy atom. The van der Waals surface area contributed by atoms with E-state index in [1.54, 1.807) is 18.2 Å². The summed E-state index contributed by atoms with van der Waals surface area (Å²) in [5.41, 5.74) is 7.16. The lowest BCUT2D eigenvalue weighted by molar-refractivity contribution is -0.136. The van der Waals surface area contributed by atoms with Crippen LogP contribution in [0.25, 0.3) is 0 Å². The van der Waals surface area contributed by atoms with Crippen LogP contribution in [0.1, 0.15) is 18.9 Å². The molecule has 4 nitrogen and oxygen atoms in total. The van der Waals surface area contributed by atoms with E-state index in [4.69, 9.17) is 15.6 Å². The maximum absolute atomic E-state index is 10.4. The van der Waals surface area contributed by atoms with Crippen molar-refractivity contribution in [3.8, 4) is 5.75 Å². The molecule has 0 atom stereocenters. The van der Waals surface area contributed by atoms with Gasteiger partial charge in [0.25, 0.3) is 0 Å². The van der Waals surface area contributed by atoms with Crippen molar-refractivity contribution in [3.63, 3.8) is 0 Å². The average molecular weight is 209 g/mol. The lowest BCUT2D eigenvalue weighted by atomic mass is 10.1. The number of rotatable bonds is 5. The normalized spacial score (nSPS) is 9.93. The number of carbonyl (C=O) groups is 1. The van der Waals surface area contributed by atoms with Crippen LogP contribution in [0.4, 0.5) is 5.69 Å². The van der Waals surface area contributed by atoms with Crippen LogP contribution in [-0.2, 0) is 11.2 Å². The van der Waals surface area contributed by atoms with Gasteiger partial charge in [0.15, 0.2) is 0 Å². The molecule has 1 aromatic carbocycles. The summed E-state index contributed by atoms with van der Waals surface area (Å²) in [7, 11) is 0. The van der Waals surface area contributed by atoms with Gasteiger partial charge in [0.05, 0.1) is 6.61 Å². The molecule has 0 radical (unpaired) electrons. The predicted molar refractivity (Wildman–Crippen MR) is 58.0 cm³/mol. The van der Waals surface area contributed by atoms with Crippen molar-refractivity contribution >= 4 is 11.7 Å². The number of aryl methyl sites for hydroxylation is 1. The number of benzene rings is 1. The molecule has 1 rings (SSSR count). The lowest BCUT2D eigenvalue weighted by Gasteiger charge is -2.08. The highest BCUT2D eigenvalue weighted by Gasteiger charge is 2.04. The van der Waals surface area contributed by atoms with E-state index in [0.29, 0.717) is 18.7 Å². The van der Waals surface area contributed by atoms with Crippen molar-refractivity contribution in [1.82, 2.24) is 0 Å². The van der Waals surface area contributed by atoms with Gasteiger partial charge in [-0.2, -0.15) is 0 Å². The van der Waals surface area contributed by atoms with Crippen LogP contribution in [0.5, 0.6) is 5.75 Å². The summed E-state index contributed by atoms with van der Waals surface area (Å²) in [6.45, 7) is 2.48. The third-order valence-corrected chi connectivity index (χ3v) is 2.03. The van der Waals surface area contributed by atoms with Gasteiger partial charge < -0.3 is 15.6 Å². The summed E-state index contributed by atoms with van der Waals surface area (Å²) in [6.07, 6.45) is 0.516. The van der Waals surface area contributed by atoms with Gasteiger partial charge in [0.2, 0.25) is 0 Å². The lowest BCUT2D eigenvalue weighted by Crippen LogP contribution is -2.01. The van der Waals surface area contributed by atoms with Gasteiger partial charge in [0, 0.05) is 12.1 Å². The highest BCUT2D eigenvalue weighted by molar-refractivity contribution is 5.67. The van der Waals surface area contributed by atoms with Crippen LogP contribution < -0.4 is 10.5 Å². The van der Waals surface area contributed by atoms with Crippen molar-refractivity contribution in [2.24, 2.45) is 0 Å². The van der Waals surface area contributed by atoms with Gasteiger partial charge in [0.1, 0.15) is 5.75 Å². The minimum absolute atomic E-state index is 0.0831. The SMILES string of the molecule is CCOc1ccc(N)c(CCC(=O)O)c1. The van der Waals surface area contributed by atoms with Gasteiger partial charge >= 0.3 is 5.97 Å². The molecule has 0 heterocycles. The summed E-state index contributed by atoms with van der Waals surface area (Å²) in [6, 6.07) is 5.31. The fraction of sp³-hybridized carbons (Fsp3) is 0.364. The van der Waals surface area contributed by atoms with E-state index in [1.807, 2.05) is 6.92 Å². The second-order valence-electron chi connectivity index (χ2n) is 3.19. The number of aliphatic carboxylic acids is 1. The van der Waals surface area contributed by atoms with Gasteiger partial charge in [-0.3, -0.25) is 4.79 Å². The second-order valence-corrected chi connectivity index (χ2v) is 3.19. The van der Waals surface area contributed by atoms with Crippen LogP contribution in [0.3, 0.4) is 0 Å². The van der Waals surface area contributed by atoms with Crippen molar-refractivity contribution in [2.45, 2.75) is 19.8 Å². The highest BCUT2D eigenvalue weighted by Crippen LogP contribution is 2.21. The Hall–Kier alpha value is -1.71. The van der Waals surface area contributed by atoms with Crippen LogP contribution >= 0.6 is 0 Å². The Kier molecular flexibility index (Phi) is 3.97. The summed E-state index contributed by atoms with van der Waals surface area (Å²) in [5, 5.41) is 8.57. The Balaban J connectivity index is 2.75. The molecule has 82 valence electrons. The van der Waals surface area contributed by atoms with Gasteiger partial charge in [-0.15, -0.1) is 0 Å². The number of carboxylic acids is 1. The van der Waals surface area contributed by atoms with Crippen LogP contribution in [0.15, 0.2) is 18.2 Å². The second kappa shape index (κ2) is 5.24. The molecule has 0 spiro atoms. The van der Waals surface area contributed by atoms with Gasteiger partial charge in [-0.1, -0.05) is 0 Å². The van der Waals surface area contributed by atoms with E-state index in [0.717, 1.165) is 11.3 Å². The Bertz CT molecular complexity index is 350. The summed E-state index contributed by atoms with van der Waals surface area (Å²) >= 11 is 0. The largest absolute Gasteiger partial charge is 0.494 e. The summed E-state index contributed by atoms with van der Waals surface area (Å²) < 4.78 is 5.31. The smallest absolute Gasteiger partial charge is 0.303 e. The summed E-state index contributed by atoms with van der Waals surface area (Å²) in [5.74, 6) is -0.0942. The molecule has 15 heavy (non-hydrogen) atoms. The first-order chi connectivity index (χ1) is 7.13. The molecule has 4 heteroatoms. The maximum Gasteiger partial charge on any atom is 0.303 e. The Morgan fingerprint density at radius 3 is 2.87 bits per heavy atom. The molecular formula is C11H15NO3. The highest BCUT2D eigenvalue weighted by atomic mass is 16.5. The Labute approximate surface area is 88.7 Å². The number of nitrogens with two attached hydrogens (primary N) is 1. The van der Waals surface area contributed by atoms with E-state index in [1.165, 1.54) is 0 Å². The first kappa shape index (κ1) is 11.4. The Morgan fingerprint density at radius 2 is 2.27 bits per heavy atom. The first-order valence-electron chi connectivity index (χ1n) is 4.86. The fourth-order valence-corrected chi connectivity index (χ4v) is 1.30. The van der Waals surface area contributed by atoms with Crippen molar-refractivity contribution < 1.29 is 14.6 Å². The van der Waals surface area contributed by atoms with Crippen LogP contribution in [0, 0.1) is 0 Å². The quantitative estimate of drug-likeness (QED) is 0.724. The zero-order valence-electron chi connectivity index (χ0n) is 8.69. The number of hydrogen-bond acceptors (Lipinski definition) is 3. The molecule has 3 N–H and O–H groups in total. The fourth-order valence-electron chi connectivity index (χ4n) is 1.30. The molecule has 0 aliphatic carbocycles. The van der Waals surface area contributed by atoms with Crippen molar-refractivity contribution in [2.75, 3.05) is 12.3 Å². The zero-order chi connectivity index (χ0) is 11.3. The molecule has 0 aromatic heterocycles. The number of anilines is 1. The van der Waals surface area contributed by atoms with Crippen LogP contribution in [0.2, 0.25) is 0 Å². The number of ether oxygens (including phenoxy) is 1. The first-order valence-corrected chi connectivity index (χ1v) is 4.86. The predicted octanol–water partition coefficient (Wildman–Crippen LogP) is 1.68. The molecule has 0 bridgehead atoms. The maximum atomic E-state index is 10.4. The molecule has 0 unspecified atom stereocenters.